The Hall–Kier alpha value is -4.28. The highest BCUT2D eigenvalue weighted by Gasteiger charge is 2.12. The highest BCUT2D eigenvalue weighted by Crippen LogP contribution is 2.25. The van der Waals surface area contributed by atoms with Crippen molar-refractivity contribution in [2.45, 2.75) is 19.8 Å². The van der Waals surface area contributed by atoms with E-state index in [9.17, 15) is 10.1 Å². The number of nitrogens with two attached hydrogens (primary N) is 1. The fourth-order valence-corrected chi connectivity index (χ4v) is 2.37. The second-order valence-electron chi connectivity index (χ2n) is 5.95. The molecule has 0 aliphatic heterocycles. The van der Waals surface area contributed by atoms with Gasteiger partial charge >= 0.3 is 5.97 Å². The summed E-state index contributed by atoms with van der Waals surface area (Å²) >= 11 is 0. The van der Waals surface area contributed by atoms with Gasteiger partial charge in [0.25, 0.3) is 0 Å². The van der Waals surface area contributed by atoms with E-state index < -0.39 is 5.97 Å². The van der Waals surface area contributed by atoms with Crippen LogP contribution < -0.4 is 5.73 Å². The summed E-state index contributed by atoms with van der Waals surface area (Å²) in [4.78, 5) is 12.1. The van der Waals surface area contributed by atoms with Crippen molar-refractivity contribution in [2.75, 3.05) is 6.61 Å². The van der Waals surface area contributed by atoms with Crippen molar-refractivity contribution >= 4 is 12.0 Å². The van der Waals surface area contributed by atoms with Gasteiger partial charge in [0.1, 0.15) is 29.7 Å². The lowest BCUT2D eigenvalue weighted by Gasteiger charge is -2.05. The fraction of sp³-hybridized carbons (Fsp3) is 0.182. The van der Waals surface area contributed by atoms with Crippen molar-refractivity contribution in [3.8, 4) is 29.5 Å². The van der Waals surface area contributed by atoms with Crippen LogP contribution in [0.5, 0.6) is 0 Å². The summed E-state index contributed by atoms with van der Waals surface area (Å²) in [5.41, 5.74) is 6.16. The number of nitrogens with zero attached hydrogens (tertiary/aromatic N) is 3. The van der Waals surface area contributed by atoms with Gasteiger partial charge < -0.3 is 14.9 Å². The molecule has 1 aromatic heterocycles. The number of ether oxygens (including phenoxy) is 1. The summed E-state index contributed by atoms with van der Waals surface area (Å²) in [5, 5.41) is 27.0. The lowest BCUT2D eigenvalue weighted by atomic mass is 10.1. The first kappa shape index (κ1) is 21.0. The first-order chi connectivity index (χ1) is 14.0. The smallest absolute Gasteiger partial charge is 0.338 e. The number of rotatable bonds is 7. The largest absolute Gasteiger partial charge is 0.462 e. The van der Waals surface area contributed by atoms with Gasteiger partial charge in [-0.1, -0.05) is 25.5 Å². The number of allylic oxidation sites excluding steroid dienone is 2. The SMILES string of the molecule is CCCCOC(=O)c1cccc(-c2ccc(/C=C(\C#N)C(N)=C(C#N)C#N)o2)c1. The molecule has 1 aromatic carbocycles. The van der Waals surface area contributed by atoms with E-state index in [1.54, 1.807) is 48.5 Å². The summed E-state index contributed by atoms with van der Waals surface area (Å²) < 4.78 is 10.9. The number of benzene rings is 1. The Morgan fingerprint density at radius 1 is 1.17 bits per heavy atom. The van der Waals surface area contributed by atoms with E-state index in [2.05, 4.69) is 0 Å². The molecule has 0 aliphatic carbocycles. The van der Waals surface area contributed by atoms with E-state index in [0.717, 1.165) is 12.8 Å². The van der Waals surface area contributed by atoms with Crippen LogP contribution in [-0.4, -0.2) is 12.6 Å². The number of carbonyl (C=O) groups excluding carboxylic acids is 1. The van der Waals surface area contributed by atoms with Gasteiger partial charge in [-0.25, -0.2) is 4.79 Å². The van der Waals surface area contributed by atoms with Crippen molar-refractivity contribution < 1.29 is 13.9 Å². The molecule has 0 fully saturated rings. The number of esters is 1. The van der Waals surface area contributed by atoms with Gasteiger partial charge in [0.15, 0.2) is 5.57 Å². The second-order valence-corrected chi connectivity index (χ2v) is 5.95. The maximum atomic E-state index is 12.1. The second kappa shape index (κ2) is 10.2. The standard InChI is InChI=1S/C22H18N4O3/c1-2-3-9-28-22(27)16-6-4-5-15(10-16)20-8-7-19(29-20)11-17(12-23)21(26)18(13-24)14-25/h4-8,10-11H,2-3,9,26H2,1H3/b17-11+. The number of hydrogen-bond donors (Lipinski definition) is 1. The van der Waals surface area contributed by atoms with Crippen molar-refractivity contribution in [3.63, 3.8) is 0 Å². The van der Waals surface area contributed by atoms with Crippen molar-refractivity contribution in [3.05, 3.63) is 64.6 Å². The molecular weight excluding hydrogens is 368 g/mol. The maximum absolute atomic E-state index is 12.1. The summed E-state index contributed by atoms with van der Waals surface area (Å²) in [7, 11) is 0. The molecule has 2 aromatic rings. The number of nitriles is 3. The number of unbranched alkanes of at least 4 members (excludes halogenated alkanes) is 1. The van der Waals surface area contributed by atoms with E-state index >= 15 is 0 Å². The van der Waals surface area contributed by atoms with Gasteiger partial charge in [-0.15, -0.1) is 0 Å². The molecule has 0 unspecified atom stereocenters. The minimum absolute atomic E-state index is 0.0581. The van der Waals surface area contributed by atoms with Crippen molar-refractivity contribution in [1.29, 1.82) is 15.8 Å². The molecule has 0 amide bonds. The van der Waals surface area contributed by atoms with Gasteiger partial charge in [0.2, 0.25) is 0 Å². The molecule has 0 bridgehead atoms. The molecule has 144 valence electrons. The van der Waals surface area contributed by atoms with Crippen LogP contribution in [0, 0.1) is 34.0 Å². The minimum atomic E-state index is -0.405. The predicted molar refractivity (Wildman–Crippen MR) is 105 cm³/mol. The first-order valence-corrected chi connectivity index (χ1v) is 8.83. The Morgan fingerprint density at radius 2 is 1.93 bits per heavy atom. The molecule has 7 heteroatoms. The monoisotopic (exact) mass is 386 g/mol. The molecular formula is C22H18N4O3. The van der Waals surface area contributed by atoms with Gasteiger partial charge in [0, 0.05) is 11.6 Å². The minimum Gasteiger partial charge on any atom is -0.462 e. The van der Waals surface area contributed by atoms with Crippen LogP contribution in [0.15, 0.2) is 57.7 Å². The summed E-state index contributed by atoms with van der Waals surface area (Å²) in [6.07, 6.45) is 3.08. The Bertz CT molecular complexity index is 1070. The lowest BCUT2D eigenvalue weighted by Crippen LogP contribution is -2.06. The van der Waals surface area contributed by atoms with Crippen LogP contribution in [0.1, 0.15) is 35.9 Å². The van der Waals surface area contributed by atoms with Gasteiger partial charge in [-0.3, -0.25) is 0 Å². The lowest BCUT2D eigenvalue weighted by molar-refractivity contribution is 0.0500. The average Bonchev–Trinajstić information content (AvgIpc) is 3.21. The molecule has 1 heterocycles. The van der Waals surface area contributed by atoms with Gasteiger partial charge in [0.05, 0.1) is 23.4 Å². The van der Waals surface area contributed by atoms with Crippen molar-refractivity contribution in [2.24, 2.45) is 5.73 Å². The summed E-state index contributed by atoms with van der Waals surface area (Å²) in [5.74, 6) is 0.378. The van der Waals surface area contributed by atoms with Crippen LogP contribution in [0.25, 0.3) is 17.4 Å². The van der Waals surface area contributed by atoms with E-state index in [4.69, 9.17) is 25.4 Å². The zero-order valence-electron chi connectivity index (χ0n) is 15.8. The molecule has 7 nitrogen and oxygen atoms in total. The molecule has 2 rings (SSSR count). The molecule has 0 aliphatic rings. The van der Waals surface area contributed by atoms with Crippen LogP contribution >= 0.6 is 0 Å². The Kier molecular flexibility index (Phi) is 7.36. The van der Waals surface area contributed by atoms with Crippen LogP contribution in [0.3, 0.4) is 0 Å². The van der Waals surface area contributed by atoms with Gasteiger partial charge in [-0.2, -0.15) is 15.8 Å². The number of hydrogen-bond acceptors (Lipinski definition) is 7. The molecule has 2 N–H and O–H groups in total. The third-order valence-corrected chi connectivity index (χ3v) is 3.93. The molecule has 0 saturated carbocycles. The highest BCUT2D eigenvalue weighted by atomic mass is 16.5. The topological polar surface area (TPSA) is 137 Å². The summed E-state index contributed by atoms with van der Waals surface area (Å²) in [6, 6.07) is 15.2. The third kappa shape index (κ3) is 5.35. The van der Waals surface area contributed by atoms with Crippen LogP contribution in [0.2, 0.25) is 0 Å². The maximum Gasteiger partial charge on any atom is 0.338 e. The Balaban J connectivity index is 2.29. The van der Waals surface area contributed by atoms with E-state index in [-0.39, 0.29) is 16.8 Å². The zero-order chi connectivity index (χ0) is 21.2. The molecule has 0 saturated heterocycles. The van der Waals surface area contributed by atoms with E-state index in [1.807, 2.05) is 13.0 Å². The quantitative estimate of drug-likeness (QED) is 0.328. The zero-order valence-corrected chi connectivity index (χ0v) is 15.8. The van der Waals surface area contributed by atoms with Gasteiger partial charge in [-0.05, 0) is 30.7 Å². The van der Waals surface area contributed by atoms with Crippen molar-refractivity contribution in [1.82, 2.24) is 0 Å². The Labute approximate surface area is 168 Å². The molecule has 0 atom stereocenters. The number of furan rings is 1. The summed E-state index contributed by atoms with van der Waals surface area (Å²) in [6.45, 7) is 2.38. The molecule has 0 spiro atoms. The van der Waals surface area contributed by atoms with Crippen LogP contribution in [-0.2, 0) is 4.74 Å². The fourth-order valence-electron chi connectivity index (χ4n) is 2.37. The van der Waals surface area contributed by atoms with Crippen LogP contribution in [0.4, 0.5) is 0 Å². The highest BCUT2D eigenvalue weighted by molar-refractivity contribution is 5.90. The third-order valence-electron chi connectivity index (χ3n) is 3.93. The molecule has 29 heavy (non-hydrogen) atoms. The van der Waals surface area contributed by atoms with E-state index in [1.165, 1.54) is 6.08 Å². The van der Waals surface area contributed by atoms with E-state index in [0.29, 0.717) is 29.3 Å². The average molecular weight is 386 g/mol. The molecule has 0 radical (unpaired) electrons. The number of carbonyl (C=O) groups is 1. The normalized spacial score (nSPS) is 10.3. The predicted octanol–water partition coefficient (Wildman–Crippen LogP) is 4.07. The Morgan fingerprint density at radius 3 is 2.59 bits per heavy atom. The first-order valence-electron chi connectivity index (χ1n) is 8.83.